The summed E-state index contributed by atoms with van der Waals surface area (Å²) in [5.41, 5.74) is 2.24. The summed E-state index contributed by atoms with van der Waals surface area (Å²) in [7, 11) is 1.37. The van der Waals surface area contributed by atoms with Crippen molar-refractivity contribution in [1.29, 1.82) is 0 Å². The molecular formula is C18H19ClN2O4. The molecule has 1 N–H and O–H groups in total. The number of ether oxygens (including phenoxy) is 2. The Hall–Kier alpha value is -2.31. The molecule has 0 saturated carbocycles. The number of carbonyl (C=O) groups is 1. The zero-order chi connectivity index (χ0) is 18.0. The minimum absolute atomic E-state index is 0.0526. The summed E-state index contributed by atoms with van der Waals surface area (Å²) in [4.78, 5) is 18.1. The van der Waals surface area contributed by atoms with Gasteiger partial charge in [0, 0.05) is 30.4 Å². The van der Waals surface area contributed by atoms with Crippen molar-refractivity contribution in [2.45, 2.75) is 19.5 Å². The summed E-state index contributed by atoms with van der Waals surface area (Å²) in [6.45, 7) is 3.18. The Kier molecular flexibility index (Phi) is 5.11. The van der Waals surface area contributed by atoms with Gasteiger partial charge in [0.2, 0.25) is 0 Å². The van der Waals surface area contributed by atoms with Gasteiger partial charge in [-0.05, 0) is 31.2 Å². The second-order valence-corrected chi connectivity index (χ2v) is 6.30. The van der Waals surface area contributed by atoms with Crippen molar-refractivity contribution in [1.82, 2.24) is 9.88 Å². The van der Waals surface area contributed by atoms with Gasteiger partial charge in [-0.1, -0.05) is 11.6 Å². The fourth-order valence-electron chi connectivity index (χ4n) is 2.86. The maximum absolute atomic E-state index is 11.8. The third-order valence-electron chi connectivity index (χ3n) is 4.26. The highest BCUT2D eigenvalue weighted by molar-refractivity contribution is 6.30. The first-order chi connectivity index (χ1) is 12.0. The van der Waals surface area contributed by atoms with Gasteiger partial charge < -0.3 is 14.6 Å². The average Bonchev–Trinajstić information content (AvgIpc) is 2.83. The molecule has 0 fully saturated rings. The van der Waals surface area contributed by atoms with E-state index in [1.54, 1.807) is 31.3 Å². The molecule has 1 atom stereocenters. The largest absolute Gasteiger partial charge is 0.504 e. The van der Waals surface area contributed by atoms with Crippen LogP contribution in [0, 0.1) is 0 Å². The van der Waals surface area contributed by atoms with E-state index in [1.807, 2.05) is 11.0 Å². The quantitative estimate of drug-likeness (QED) is 0.846. The highest BCUT2D eigenvalue weighted by Gasteiger charge is 2.27. The number of esters is 1. The second-order valence-electron chi connectivity index (χ2n) is 5.86. The van der Waals surface area contributed by atoms with Crippen LogP contribution in [0.4, 0.5) is 0 Å². The Morgan fingerprint density at radius 3 is 2.92 bits per heavy atom. The fourth-order valence-corrected chi connectivity index (χ4v) is 2.98. The third kappa shape index (κ3) is 3.70. The Bertz CT molecular complexity index is 779. The summed E-state index contributed by atoms with van der Waals surface area (Å²) in [5, 5.41) is 10.9. The van der Waals surface area contributed by atoms with Gasteiger partial charge in [0.15, 0.2) is 11.5 Å². The van der Waals surface area contributed by atoms with Gasteiger partial charge >= 0.3 is 5.97 Å². The molecule has 1 aliphatic rings. The summed E-state index contributed by atoms with van der Waals surface area (Å²) in [6.07, 6.45) is 1.56. The average molecular weight is 363 g/mol. The molecule has 0 spiro atoms. The van der Waals surface area contributed by atoms with E-state index in [4.69, 9.17) is 21.1 Å². The number of hydrogen-bond acceptors (Lipinski definition) is 6. The molecule has 3 rings (SSSR count). The van der Waals surface area contributed by atoms with Crippen LogP contribution in [-0.2, 0) is 16.1 Å². The van der Waals surface area contributed by atoms with Crippen molar-refractivity contribution in [3.8, 4) is 22.8 Å². The normalized spacial score (nSPS) is 15.6. The Morgan fingerprint density at radius 1 is 1.44 bits per heavy atom. The number of halogens is 1. The minimum Gasteiger partial charge on any atom is -0.504 e. The van der Waals surface area contributed by atoms with E-state index in [2.05, 4.69) is 4.98 Å². The van der Waals surface area contributed by atoms with Crippen LogP contribution in [-0.4, -0.2) is 47.3 Å². The predicted molar refractivity (Wildman–Crippen MR) is 93.7 cm³/mol. The van der Waals surface area contributed by atoms with Gasteiger partial charge in [-0.3, -0.25) is 14.7 Å². The molecule has 0 bridgehead atoms. The number of aromatic nitrogens is 1. The maximum atomic E-state index is 11.8. The van der Waals surface area contributed by atoms with Gasteiger partial charge in [-0.15, -0.1) is 0 Å². The lowest BCUT2D eigenvalue weighted by Gasteiger charge is -2.24. The summed E-state index contributed by atoms with van der Waals surface area (Å²) in [6, 6.07) is 6.66. The van der Waals surface area contributed by atoms with Crippen molar-refractivity contribution in [3.63, 3.8) is 0 Å². The van der Waals surface area contributed by atoms with E-state index in [1.165, 1.54) is 7.11 Å². The number of phenolic OH excluding ortho intramolecular Hbond substituents is 1. The zero-order valence-electron chi connectivity index (χ0n) is 14.0. The lowest BCUT2D eigenvalue weighted by molar-refractivity contribution is -0.146. The molecule has 25 heavy (non-hydrogen) atoms. The lowest BCUT2D eigenvalue weighted by atomic mass is 10.0. The van der Waals surface area contributed by atoms with Crippen LogP contribution < -0.4 is 4.74 Å². The standard InChI is InChI=1S/C18H19ClN2O4/c1-11(18(23)24-2)21-5-6-25-17-13(10-21)7-12(8-16(17)22)15-4-3-14(19)9-20-15/h3-4,7-9,11,22H,5-6,10H2,1-2H3. The summed E-state index contributed by atoms with van der Waals surface area (Å²) in [5.74, 6) is 0.192. The number of phenols is 1. The highest BCUT2D eigenvalue weighted by atomic mass is 35.5. The molecule has 1 aliphatic heterocycles. The maximum Gasteiger partial charge on any atom is 0.322 e. The Balaban J connectivity index is 1.96. The van der Waals surface area contributed by atoms with E-state index in [0.717, 1.165) is 11.1 Å². The van der Waals surface area contributed by atoms with Crippen molar-refractivity contribution < 1.29 is 19.4 Å². The van der Waals surface area contributed by atoms with E-state index < -0.39 is 6.04 Å². The number of carbonyl (C=O) groups excluding carboxylic acids is 1. The minimum atomic E-state index is -0.404. The first kappa shape index (κ1) is 17.5. The molecular weight excluding hydrogens is 344 g/mol. The summed E-state index contributed by atoms with van der Waals surface area (Å²) < 4.78 is 10.5. The van der Waals surface area contributed by atoms with Gasteiger partial charge in [0.05, 0.1) is 17.8 Å². The van der Waals surface area contributed by atoms with Crippen LogP contribution >= 0.6 is 11.6 Å². The molecule has 2 aromatic rings. The molecule has 1 aromatic carbocycles. The van der Waals surface area contributed by atoms with Crippen LogP contribution in [0.2, 0.25) is 5.02 Å². The Morgan fingerprint density at radius 2 is 2.24 bits per heavy atom. The molecule has 0 saturated heterocycles. The van der Waals surface area contributed by atoms with Crippen LogP contribution in [0.5, 0.6) is 11.5 Å². The number of rotatable bonds is 3. The van der Waals surface area contributed by atoms with Crippen molar-refractivity contribution in [2.24, 2.45) is 0 Å². The molecule has 132 valence electrons. The molecule has 2 heterocycles. The van der Waals surface area contributed by atoms with Gasteiger partial charge in [0.25, 0.3) is 0 Å². The van der Waals surface area contributed by atoms with E-state index in [9.17, 15) is 9.90 Å². The van der Waals surface area contributed by atoms with Crippen molar-refractivity contribution in [2.75, 3.05) is 20.3 Å². The number of methoxy groups -OCH3 is 1. The molecule has 1 aromatic heterocycles. The van der Waals surface area contributed by atoms with Gasteiger partial charge in [-0.2, -0.15) is 0 Å². The van der Waals surface area contributed by atoms with Gasteiger partial charge in [-0.25, -0.2) is 0 Å². The summed E-state index contributed by atoms with van der Waals surface area (Å²) >= 11 is 5.88. The number of benzene rings is 1. The number of pyridine rings is 1. The van der Waals surface area contributed by atoms with Crippen molar-refractivity contribution in [3.05, 3.63) is 41.0 Å². The SMILES string of the molecule is COC(=O)C(C)N1CCOc2c(O)cc(-c3ccc(Cl)cn3)cc2C1. The van der Waals surface area contributed by atoms with E-state index >= 15 is 0 Å². The second kappa shape index (κ2) is 7.29. The molecule has 0 radical (unpaired) electrons. The van der Waals surface area contributed by atoms with Gasteiger partial charge in [0.1, 0.15) is 12.6 Å². The highest BCUT2D eigenvalue weighted by Crippen LogP contribution is 2.37. The number of aromatic hydroxyl groups is 1. The first-order valence-electron chi connectivity index (χ1n) is 7.92. The molecule has 1 unspecified atom stereocenters. The lowest BCUT2D eigenvalue weighted by Crippen LogP contribution is -2.40. The molecule has 6 nitrogen and oxygen atoms in total. The molecule has 7 heteroatoms. The molecule has 0 amide bonds. The zero-order valence-corrected chi connectivity index (χ0v) is 14.8. The smallest absolute Gasteiger partial charge is 0.322 e. The van der Waals surface area contributed by atoms with Crippen LogP contribution in [0.1, 0.15) is 12.5 Å². The van der Waals surface area contributed by atoms with Crippen LogP contribution in [0.3, 0.4) is 0 Å². The van der Waals surface area contributed by atoms with E-state index in [0.29, 0.717) is 36.2 Å². The monoisotopic (exact) mass is 362 g/mol. The number of hydrogen-bond donors (Lipinski definition) is 1. The number of fused-ring (bicyclic) bond motifs is 1. The number of nitrogens with zero attached hydrogens (tertiary/aromatic N) is 2. The van der Waals surface area contributed by atoms with Crippen molar-refractivity contribution >= 4 is 17.6 Å². The third-order valence-corrected chi connectivity index (χ3v) is 4.48. The molecule has 0 aliphatic carbocycles. The fraction of sp³-hybridized carbons (Fsp3) is 0.333. The van der Waals surface area contributed by atoms with Crippen LogP contribution in [0.25, 0.3) is 11.3 Å². The Labute approximate surface area is 151 Å². The predicted octanol–water partition coefficient (Wildman–Crippen LogP) is 2.86. The topological polar surface area (TPSA) is 71.9 Å². The van der Waals surface area contributed by atoms with Crippen LogP contribution in [0.15, 0.2) is 30.5 Å². The first-order valence-corrected chi connectivity index (χ1v) is 8.30. The van der Waals surface area contributed by atoms with E-state index in [-0.39, 0.29) is 11.7 Å².